The third-order valence-corrected chi connectivity index (χ3v) is 3.39. The van der Waals surface area contributed by atoms with Crippen LogP contribution >= 0.6 is 0 Å². The van der Waals surface area contributed by atoms with Gasteiger partial charge in [0, 0.05) is 12.0 Å². The van der Waals surface area contributed by atoms with Gasteiger partial charge in [-0.2, -0.15) is 0 Å². The minimum Gasteiger partial charge on any atom is -0.462 e. The number of aromatic nitrogens is 1. The largest absolute Gasteiger partial charge is 0.462 e. The van der Waals surface area contributed by atoms with Gasteiger partial charge in [-0.3, -0.25) is 4.79 Å². The van der Waals surface area contributed by atoms with Gasteiger partial charge in [-0.05, 0) is 25.5 Å². The molecule has 0 amide bonds. The summed E-state index contributed by atoms with van der Waals surface area (Å²) in [6, 6.07) is 11.2. The van der Waals surface area contributed by atoms with Crippen molar-refractivity contribution in [2.75, 3.05) is 13.7 Å². The number of pyridine rings is 1. The van der Waals surface area contributed by atoms with Crippen LogP contribution < -0.4 is 10.4 Å². The molecule has 0 bridgehead atoms. The highest BCUT2D eigenvalue weighted by molar-refractivity contribution is 5.90. The molecule has 2 rings (SSSR count). The summed E-state index contributed by atoms with van der Waals surface area (Å²) in [6.45, 7) is 3.67. The molecule has 0 saturated carbocycles. The smallest absolute Gasteiger partial charge is 0.340 e. The molecule has 0 atom stereocenters. The van der Waals surface area contributed by atoms with E-state index in [9.17, 15) is 9.59 Å². The Morgan fingerprint density at radius 1 is 1.23 bits per heavy atom. The lowest BCUT2D eigenvalue weighted by Crippen LogP contribution is -2.32. The van der Waals surface area contributed by atoms with Gasteiger partial charge in [-0.15, -0.1) is 4.73 Å². The Morgan fingerprint density at radius 3 is 2.50 bits per heavy atom. The van der Waals surface area contributed by atoms with Crippen molar-refractivity contribution >= 4 is 5.97 Å². The highest BCUT2D eigenvalue weighted by Crippen LogP contribution is 2.12. The Hall–Kier alpha value is -2.56. The molecule has 2 aromatic rings. The summed E-state index contributed by atoms with van der Waals surface area (Å²) < 4.78 is 6.17. The molecular weight excluding hydrogens is 282 g/mol. The van der Waals surface area contributed by atoms with Crippen LogP contribution in [0.25, 0.3) is 0 Å². The summed E-state index contributed by atoms with van der Waals surface area (Å²) in [5.74, 6) is -0.458. The SMILES string of the molecule is CCOC(=O)c1cc(Cc2ccccc2)c(=O)n(OC)c1C. The van der Waals surface area contributed by atoms with E-state index in [0.29, 0.717) is 23.2 Å². The minimum atomic E-state index is -0.458. The number of hydrogen-bond acceptors (Lipinski definition) is 4. The fraction of sp³-hybridized carbons (Fsp3) is 0.294. The van der Waals surface area contributed by atoms with E-state index in [1.807, 2.05) is 30.3 Å². The van der Waals surface area contributed by atoms with Crippen LogP contribution in [-0.2, 0) is 11.2 Å². The molecule has 1 heterocycles. The Bertz CT molecular complexity index is 719. The van der Waals surface area contributed by atoms with Crippen molar-refractivity contribution in [3.8, 4) is 0 Å². The molecule has 22 heavy (non-hydrogen) atoms. The Labute approximate surface area is 129 Å². The van der Waals surface area contributed by atoms with Gasteiger partial charge in [-0.1, -0.05) is 30.3 Å². The molecule has 0 saturated heterocycles. The average Bonchev–Trinajstić information content (AvgIpc) is 2.52. The summed E-state index contributed by atoms with van der Waals surface area (Å²) in [5, 5.41) is 0. The molecule has 0 radical (unpaired) electrons. The second-order valence-electron chi connectivity index (χ2n) is 4.83. The van der Waals surface area contributed by atoms with Gasteiger partial charge in [-0.25, -0.2) is 4.79 Å². The molecule has 0 N–H and O–H groups in total. The number of benzene rings is 1. The van der Waals surface area contributed by atoms with Gasteiger partial charge >= 0.3 is 5.97 Å². The van der Waals surface area contributed by atoms with E-state index in [0.717, 1.165) is 10.3 Å². The number of carbonyl (C=O) groups excluding carboxylic acids is 1. The van der Waals surface area contributed by atoms with Crippen molar-refractivity contribution in [3.63, 3.8) is 0 Å². The first-order valence-electron chi connectivity index (χ1n) is 7.09. The van der Waals surface area contributed by atoms with Crippen molar-refractivity contribution in [3.05, 3.63) is 69.1 Å². The maximum Gasteiger partial charge on any atom is 0.340 e. The highest BCUT2D eigenvalue weighted by atomic mass is 16.6. The summed E-state index contributed by atoms with van der Waals surface area (Å²) in [4.78, 5) is 29.6. The van der Waals surface area contributed by atoms with E-state index in [1.54, 1.807) is 19.9 Å². The predicted octanol–water partition coefficient (Wildman–Crippen LogP) is 1.98. The first-order chi connectivity index (χ1) is 10.6. The van der Waals surface area contributed by atoms with Gasteiger partial charge in [0.25, 0.3) is 5.56 Å². The maximum atomic E-state index is 12.4. The molecule has 1 aromatic heterocycles. The second kappa shape index (κ2) is 6.93. The summed E-state index contributed by atoms with van der Waals surface area (Å²) >= 11 is 0. The summed E-state index contributed by atoms with van der Waals surface area (Å²) in [7, 11) is 1.40. The van der Waals surface area contributed by atoms with Crippen LogP contribution in [0.3, 0.4) is 0 Å². The molecule has 0 spiro atoms. The van der Waals surface area contributed by atoms with E-state index in [4.69, 9.17) is 9.57 Å². The lowest BCUT2D eigenvalue weighted by atomic mass is 10.0. The first-order valence-corrected chi connectivity index (χ1v) is 7.09. The van der Waals surface area contributed by atoms with E-state index in [-0.39, 0.29) is 12.2 Å². The lowest BCUT2D eigenvalue weighted by molar-refractivity contribution is 0.0518. The van der Waals surface area contributed by atoms with Crippen LogP contribution in [0.2, 0.25) is 0 Å². The van der Waals surface area contributed by atoms with E-state index in [2.05, 4.69) is 0 Å². The van der Waals surface area contributed by atoms with Crippen LogP contribution in [0.5, 0.6) is 0 Å². The number of rotatable bonds is 5. The zero-order chi connectivity index (χ0) is 16.1. The number of esters is 1. The Kier molecular flexibility index (Phi) is 4.99. The van der Waals surface area contributed by atoms with Crippen molar-refractivity contribution in [1.29, 1.82) is 0 Å². The molecule has 0 unspecified atom stereocenters. The van der Waals surface area contributed by atoms with Gasteiger partial charge in [0.15, 0.2) is 0 Å². The van der Waals surface area contributed by atoms with Crippen LogP contribution in [-0.4, -0.2) is 24.4 Å². The first kappa shape index (κ1) is 15.8. The number of ether oxygens (including phenoxy) is 1. The maximum absolute atomic E-state index is 12.4. The fourth-order valence-corrected chi connectivity index (χ4v) is 2.31. The van der Waals surface area contributed by atoms with Crippen LogP contribution in [0.1, 0.15) is 34.1 Å². The normalized spacial score (nSPS) is 10.3. The molecule has 0 fully saturated rings. The predicted molar refractivity (Wildman–Crippen MR) is 83.1 cm³/mol. The van der Waals surface area contributed by atoms with Gasteiger partial charge < -0.3 is 9.57 Å². The van der Waals surface area contributed by atoms with E-state index < -0.39 is 5.97 Å². The molecule has 0 aliphatic rings. The van der Waals surface area contributed by atoms with Crippen molar-refractivity contribution in [2.24, 2.45) is 0 Å². The standard InChI is InChI=1S/C17H19NO4/c1-4-22-17(20)15-11-14(10-13-8-6-5-7-9-13)16(19)18(21-3)12(15)2/h5-9,11H,4,10H2,1-3H3. The molecule has 116 valence electrons. The second-order valence-corrected chi connectivity index (χ2v) is 4.83. The summed E-state index contributed by atoms with van der Waals surface area (Å²) in [6.07, 6.45) is 0.426. The quantitative estimate of drug-likeness (QED) is 0.792. The number of hydrogen-bond donors (Lipinski definition) is 0. The zero-order valence-electron chi connectivity index (χ0n) is 13.0. The molecular formula is C17H19NO4. The van der Waals surface area contributed by atoms with Crippen molar-refractivity contribution < 1.29 is 14.4 Å². The highest BCUT2D eigenvalue weighted by Gasteiger charge is 2.18. The summed E-state index contributed by atoms with van der Waals surface area (Å²) in [5.41, 5.74) is 1.98. The van der Waals surface area contributed by atoms with Crippen LogP contribution in [0.15, 0.2) is 41.2 Å². The molecule has 5 heteroatoms. The Balaban J connectivity index is 2.51. The van der Waals surface area contributed by atoms with Crippen LogP contribution in [0.4, 0.5) is 0 Å². The topological polar surface area (TPSA) is 57.5 Å². The molecule has 5 nitrogen and oxygen atoms in total. The fourth-order valence-electron chi connectivity index (χ4n) is 2.31. The lowest BCUT2D eigenvalue weighted by Gasteiger charge is -2.14. The van der Waals surface area contributed by atoms with Crippen molar-refractivity contribution in [1.82, 2.24) is 4.73 Å². The third-order valence-electron chi connectivity index (χ3n) is 3.39. The zero-order valence-corrected chi connectivity index (χ0v) is 13.0. The van der Waals surface area contributed by atoms with Gasteiger partial charge in [0.1, 0.15) is 7.11 Å². The molecule has 1 aromatic carbocycles. The van der Waals surface area contributed by atoms with E-state index in [1.165, 1.54) is 7.11 Å². The third kappa shape index (κ3) is 3.19. The number of nitrogens with zero attached hydrogens (tertiary/aromatic N) is 1. The number of carbonyl (C=O) groups is 1. The van der Waals surface area contributed by atoms with Crippen molar-refractivity contribution in [2.45, 2.75) is 20.3 Å². The van der Waals surface area contributed by atoms with Gasteiger partial charge in [0.05, 0.1) is 17.9 Å². The van der Waals surface area contributed by atoms with E-state index >= 15 is 0 Å². The Morgan fingerprint density at radius 2 is 1.91 bits per heavy atom. The van der Waals surface area contributed by atoms with Crippen LogP contribution in [0, 0.1) is 6.92 Å². The monoisotopic (exact) mass is 301 g/mol. The van der Waals surface area contributed by atoms with Gasteiger partial charge in [0.2, 0.25) is 0 Å². The molecule has 0 aliphatic carbocycles. The molecule has 0 aliphatic heterocycles. The average molecular weight is 301 g/mol. The minimum absolute atomic E-state index is 0.267.